The van der Waals surface area contributed by atoms with Crippen molar-refractivity contribution in [1.82, 2.24) is 19.8 Å². The van der Waals surface area contributed by atoms with Crippen LogP contribution in [0.25, 0.3) is 11.0 Å². The molecule has 30 heavy (non-hydrogen) atoms. The zero-order valence-corrected chi connectivity index (χ0v) is 17.5. The molecule has 1 aliphatic rings. The lowest BCUT2D eigenvalue weighted by Crippen LogP contribution is -2.40. The number of nitrogens with one attached hydrogen (secondary N) is 1. The number of carbonyl (C=O) groups is 1. The van der Waals surface area contributed by atoms with Crippen LogP contribution in [0.3, 0.4) is 0 Å². The molecule has 1 saturated heterocycles. The van der Waals surface area contributed by atoms with Gasteiger partial charge in [0.15, 0.2) is 0 Å². The summed E-state index contributed by atoms with van der Waals surface area (Å²) in [5.41, 5.74) is 3.14. The van der Waals surface area contributed by atoms with E-state index in [-0.39, 0.29) is 12.1 Å². The summed E-state index contributed by atoms with van der Waals surface area (Å²) in [6, 6.07) is 13.9. The van der Waals surface area contributed by atoms with Crippen molar-refractivity contribution in [2.24, 2.45) is 0 Å². The maximum atomic E-state index is 12.9. The monoisotopic (exact) mass is 408 g/mol. The highest BCUT2D eigenvalue weighted by molar-refractivity contribution is 5.75. The second-order valence-corrected chi connectivity index (χ2v) is 7.47. The third-order valence-electron chi connectivity index (χ3n) is 5.69. The summed E-state index contributed by atoms with van der Waals surface area (Å²) in [5.74, 6) is 1.50. The molecule has 1 fully saturated rings. The topological polar surface area (TPSA) is 68.6 Å². The van der Waals surface area contributed by atoms with Crippen molar-refractivity contribution in [3.8, 4) is 11.5 Å². The van der Waals surface area contributed by atoms with Gasteiger partial charge in [-0.3, -0.25) is 0 Å². The number of rotatable bonds is 7. The van der Waals surface area contributed by atoms with Crippen molar-refractivity contribution in [3.05, 3.63) is 54.4 Å². The number of methoxy groups -OCH3 is 2. The Labute approximate surface area is 176 Å². The number of urea groups is 1. The van der Waals surface area contributed by atoms with E-state index in [9.17, 15) is 4.79 Å². The minimum absolute atomic E-state index is 0.0171. The summed E-state index contributed by atoms with van der Waals surface area (Å²) < 4.78 is 13.0. The molecule has 0 spiro atoms. The number of carbonyl (C=O) groups excluding carboxylic acids is 1. The molecule has 158 valence electrons. The van der Waals surface area contributed by atoms with E-state index in [0.29, 0.717) is 6.54 Å². The number of benzene rings is 2. The van der Waals surface area contributed by atoms with E-state index in [1.54, 1.807) is 14.2 Å². The van der Waals surface area contributed by atoms with Crippen LogP contribution in [0.5, 0.6) is 11.5 Å². The molecular weight excluding hydrogens is 380 g/mol. The molecule has 1 N–H and O–H groups in total. The molecule has 0 radical (unpaired) electrons. The third-order valence-corrected chi connectivity index (χ3v) is 5.69. The van der Waals surface area contributed by atoms with Crippen LogP contribution in [-0.2, 0) is 6.54 Å². The summed E-state index contributed by atoms with van der Waals surface area (Å²) >= 11 is 0. The molecule has 0 saturated carbocycles. The second-order valence-electron chi connectivity index (χ2n) is 7.47. The fourth-order valence-electron chi connectivity index (χ4n) is 4.16. The average molecular weight is 409 g/mol. The number of amides is 2. The molecule has 1 atom stereocenters. The number of hydrogen-bond donors (Lipinski definition) is 1. The Morgan fingerprint density at radius 3 is 2.90 bits per heavy atom. The van der Waals surface area contributed by atoms with Gasteiger partial charge in [0.1, 0.15) is 11.5 Å². The zero-order chi connectivity index (χ0) is 20.9. The third kappa shape index (κ3) is 4.06. The molecule has 2 aromatic carbocycles. The van der Waals surface area contributed by atoms with Crippen LogP contribution in [0.15, 0.2) is 48.8 Å². The Kier molecular flexibility index (Phi) is 6.07. The lowest BCUT2D eigenvalue weighted by Gasteiger charge is -2.26. The normalized spacial score (nSPS) is 16.1. The largest absolute Gasteiger partial charge is 0.497 e. The van der Waals surface area contributed by atoms with E-state index in [1.807, 2.05) is 47.6 Å². The van der Waals surface area contributed by atoms with Gasteiger partial charge in [0.25, 0.3) is 0 Å². The maximum absolute atomic E-state index is 12.9. The molecular formula is C23H28N4O3. The van der Waals surface area contributed by atoms with Gasteiger partial charge >= 0.3 is 6.03 Å². The van der Waals surface area contributed by atoms with E-state index in [4.69, 9.17) is 9.47 Å². The van der Waals surface area contributed by atoms with Crippen LogP contribution in [0.4, 0.5) is 4.79 Å². The Balaban J connectivity index is 1.35. The summed E-state index contributed by atoms with van der Waals surface area (Å²) in [5, 5.41) is 3.08. The van der Waals surface area contributed by atoms with Gasteiger partial charge in [0.05, 0.1) is 37.6 Å². The van der Waals surface area contributed by atoms with Gasteiger partial charge in [-0.15, -0.1) is 0 Å². The van der Waals surface area contributed by atoms with E-state index in [1.165, 1.54) is 0 Å². The van der Waals surface area contributed by atoms with Crippen molar-refractivity contribution in [2.75, 3.05) is 27.3 Å². The predicted molar refractivity (Wildman–Crippen MR) is 116 cm³/mol. The number of nitrogens with zero attached hydrogens (tertiary/aromatic N) is 3. The van der Waals surface area contributed by atoms with Gasteiger partial charge in [-0.2, -0.15) is 0 Å². The summed E-state index contributed by atoms with van der Waals surface area (Å²) in [7, 11) is 3.29. The van der Waals surface area contributed by atoms with Crippen LogP contribution in [0.1, 0.15) is 30.9 Å². The minimum atomic E-state index is -0.0224. The van der Waals surface area contributed by atoms with Gasteiger partial charge in [-0.05, 0) is 43.5 Å². The summed E-state index contributed by atoms with van der Waals surface area (Å²) in [6.45, 7) is 2.18. The highest BCUT2D eigenvalue weighted by Crippen LogP contribution is 2.38. The number of para-hydroxylation sites is 2. The summed E-state index contributed by atoms with van der Waals surface area (Å²) in [6.07, 6.45) is 4.61. The van der Waals surface area contributed by atoms with Gasteiger partial charge in [0, 0.05) is 31.3 Å². The number of hydrogen-bond acceptors (Lipinski definition) is 4. The van der Waals surface area contributed by atoms with E-state index >= 15 is 0 Å². The molecule has 7 nitrogen and oxygen atoms in total. The quantitative estimate of drug-likeness (QED) is 0.600. The molecule has 2 heterocycles. The number of aromatic nitrogens is 2. The van der Waals surface area contributed by atoms with E-state index in [0.717, 1.165) is 60.4 Å². The Morgan fingerprint density at radius 2 is 2.07 bits per heavy atom. The Hall–Kier alpha value is -3.22. The van der Waals surface area contributed by atoms with E-state index < -0.39 is 0 Å². The first-order valence-electron chi connectivity index (χ1n) is 10.4. The average Bonchev–Trinajstić information content (AvgIpc) is 3.43. The summed E-state index contributed by atoms with van der Waals surface area (Å²) in [4.78, 5) is 19.2. The number of fused-ring (bicyclic) bond motifs is 1. The smallest absolute Gasteiger partial charge is 0.317 e. The fraction of sp³-hybridized carbons (Fsp3) is 0.391. The molecule has 3 aromatic rings. The van der Waals surface area contributed by atoms with Crippen molar-refractivity contribution in [3.63, 3.8) is 0 Å². The molecule has 1 aromatic heterocycles. The SMILES string of the molecule is COc1ccc(C2CCCN2C(=O)NCCCn2cnc3ccccc32)c(OC)c1. The fourth-order valence-corrected chi connectivity index (χ4v) is 4.16. The predicted octanol–water partition coefficient (Wildman–Crippen LogP) is 3.99. The van der Waals surface area contributed by atoms with Crippen molar-refractivity contribution < 1.29 is 14.3 Å². The van der Waals surface area contributed by atoms with Crippen molar-refractivity contribution in [1.29, 1.82) is 0 Å². The van der Waals surface area contributed by atoms with Crippen LogP contribution in [0.2, 0.25) is 0 Å². The first-order chi connectivity index (χ1) is 14.7. The minimum Gasteiger partial charge on any atom is -0.497 e. The van der Waals surface area contributed by atoms with Gasteiger partial charge in [0.2, 0.25) is 0 Å². The van der Waals surface area contributed by atoms with Crippen molar-refractivity contribution >= 4 is 17.1 Å². The molecule has 1 unspecified atom stereocenters. The first-order valence-corrected chi connectivity index (χ1v) is 10.4. The van der Waals surface area contributed by atoms with Gasteiger partial charge in [-0.1, -0.05) is 12.1 Å². The number of likely N-dealkylation sites (tertiary alicyclic amines) is 1. The first kappa shape index (κ1) is 20.1. The van der Waals surface area contributed by atoms with Crippen LogP contribution >= 0.6 is 0 Å². The lowest BCUT2D eigenvalue weighted by molar-refractivity contribution is 0.192. The zero-order valence-electron chi connectivity index (χ0n) is 17.5. The maximum Gasteiger partial charge on any atom is 0.317 e. The van der Waals surface area contributed by atoms with Crippen LogP contribution in [-0.4, -0.2) is 47.8 Å². The Morgan fingerprint density at radius 1 is 1.20 bits per heavy atom. The van der Waals surface area contributed by atoms with E-state index in [2.05, 4.69) is 20.9 Å². The standard InChI is InChI=1S/C23H28N4O3/c1-29-17-10-11-18(22(15-17)30-2)20-9-5-14-27(20)23(28)24-12-6-13-26-16-25-19-7-3-4-8-21(19)26/h3-4,7-8,10-11,15-16,20H,5-6,9,12-14H2,1-2H3,(H,24,28). The highest BCUT2D eigenvalue weighted by Gasteiger charge is 2.31. The second kappa shape index (κ2) is 9.07. The Bertz CT molecular complexity index is 1020. The van der Waals surface area contributed by atoms with Crippen LogP contribution < -0.4 is 14.8 Å². The molecule has 1 aliphatic heterocycles. The highest BCUT2D eigenvalue weighted by atomic mass is 16.5. The van der Waals surface area contributed by atoms with Crippen molar-refractivity contribution in [2.45, 2.75) is 31.8 Å². The molecule has 7 heteroatoms. The molecule has 4 rings (SSSR count). The number of ether oxygens (including phenoxy) is 2. The number of imidazole rings is 1. The van der Waals surface area contributed by atoms with Gasteiger partial charge < -0.3 is 24.3 Å². The molecule has 2 amide bonds. The number of aryl methyl sites for hydroxylation is 1. The lowest BCUT2D eigenvalue weighted by atomic mass is 10.0. The molecule has 0 aliphatic carbocycles. The molecule has 0 bridgehead atoms. The van der Waals surface area contributed by atoms with Crippen LogP contribution in [0, 0.1) is 0 Å². The van der Waals surface area contributed by atoms with Gasteiger partial charge in [-0.25, -0.2) is 9.78 Å².